The van der Waals surface area contributed by atoms with E-state index in [1.807, 2.05) is 33.0 Å². The molecular formula is C33H52FN3O5Si. The van der Waals surface area contributed by atoms with Crippen molar-refractivity contribution >= 4 is 14.4 Å². The average molecular weight is 618 g/mol. The van der Waals surface area contributed by atoms with Crippen LogP contribution in [0.15, 0.2) is 24.4 Å². The summed E-state index contributed by atoms with van der Waals surface area (Å²) in [5, 5.41) is -0.0297. The zero-order valence-corrected chi connectivity index (χ0v) is 28.7. The second-order valence-electron chi connectivity index (χ2n) is 14.6. The van der Waals surface area contributed by atoms with Crippen molar-refractivity contribution in [2.24, 2.45) is 0 Å². The summed E-state index contributed by atoms with van der Waals surface area (Å²) in [6, 6.07) is 5.11. The van der Waals surface area contributed by atoms with Crippen molar-refractivity contribution in [1.82, 2.24) is 14.5 Å². The summed E-state index contributed by atoms with van der Waals surface area (Å²) >= 11 is 0. The Hall–Kier alpha value is -2.27. The minimum Gasteiger partial charge on any atom is -0.444 e. The van der Waals surface area contributed by atoms with Crippen molar-refractivity contribution in [3.05, 3.63) is 41.6 Å². The van der Waals surface area contributed by atoms with Crippen molar-refractivity contribution in [2.75, 3.05) is 26.3 Å². The second-order valence-corrected chi connectivity index (χ2v) is 19.3. The summed E-state index contributed by atoms with van der Waals surface area (Å²) in [6.07, 6.45) is 5.79. The normalized spacial score (nSPS) is 19.9. The van der Waals surface area contributed by atoms with Gasteiger partial charge in [-0.25, -0.2) is 14.2 Å². The lowest BCUT2D eigenvalue weighted by molar-refractivity contribution is -0.163. The molecule has 3 heterocycles. The van der Waals surface area contributed by atoms with Crippen LogP contribution in [0.1, 0.15) is 85.0 Å². The van der Waals surface area contributed by atoms with Gasteiger partial charge < -0.3 is 28.1 Å². The van der Waals surface area contributed by atoms with E-state index in [0.717, 1.165) is 43.0 Å². The molecule has 0 saturated carbocycles. The Morgan fingerprint density at radius 1 is 1.14 bits per heavy atom. The third-order valence-corrected chi connectivity index (χ3v) is 13.4. The minimum absolute atomic E-state index is 0.0297. The van der Waals surface area contributed by atoms with Crippen LogP contribution in [0.2, 0.25) is 18.1 Å². The van der Waals surface area contributed by atoms with E-state index in [4.69, 9.17) is 23.6 Å². The molecule has 4 rings (SSSR count). The van der Waals surface area contributed by atoms with Gasteiger partial charge in [0.25, 0.3) is 0 Å². The number of aromatic nitrogens is 2. The lowest BCUT2D eigenvalue weighted by Gasteiger charge is -2.48. The molecule has 2 aliphatic rings. The molecule has 0 aliphatic carbocycles. The second kappa shape index (κ2) is 13.0. The Morgan fingerprint density at radius 3 is 2.42 bits per heavy atom. The van der Waals surface area contributed by atoms with Gasteiger partial charge in [-0.2, -0.15) is 0 Å². The number of hydrogen-bond donors (Lipinski definition) is 0. The van der Waals surface area contributed by atoms with Crippen LogP contribution >= 0.6 is 0 Å². The number of likely N-dealkylation sites (tertiary alicyclic amines) is 1. The van der Waals surface area contributed by atoms with E-state index in [1.54, 1.807) is 17.9 Å². The zero-order valence-electron chi connectivity index (χ0n) is 27.7. The Kier molecular flexibility index (Phi) is 10.2. The fraction of sp³-hybridized carbons (Fsp3) is 0.697. The number of halogens is 1. The topological polar surface area (TPSA) is 75.1 Å². The van der Waals surface area contributed by atoms with E-state index in [9.17, 15) is 9.18 Å². The number of amides is 1. The average Bonchev–Trinajstić information content (AvgIpc) is 3.34. The fourth-order valence-corrected chi connectivity index (χ4v) is 6.99. The fourth-order valence-electron chi connectivity index (χ4n) is 5.41. The number of aryl methyl sites for hydroxylation is 1. The largest absolute Gasteiger partial charge is 0.444 e. The molecule has 0 bridgehead atoms. The number of piperidine rings is 1. The monoisotopic (exact) mass is 617 g/mol. The molecule has 2 aliphatic heterocycles. The summed E-state index contributed by atoms with van der Waals surface area (Å²) in [6.45, 7) is 21.4. The van der Waals surface area contributed by atoms with Gasteiger partial charge in [-0.3, -0.25) is 0 Å². The maximum Gasteiger partial charge on any atom is 0.410 e. The molecule has 0 spiro atoms. The first-order chi connectivity index (χ1) is 20.0. The molecule has 43 heavy (non-hydrogen) atoms. The Morgan fingerprint density at radius 2 is 1.84 bits per heavy atom. The van der Waals surface area contributed by atoms with E-state index in [2.05, 4.69) is 38.4 Å². The third kappa shape index (κ3) is 8.26. The molecule has 8 nitrogen and oxygen atoms in total. The molecule has 2 aromatic rings. The molecule has 1 atom stereocenters. The third-order valence-electron chi connectivity index (χ3n) is 8.89. The van der Waals surface area contributed by atoms with Gasteiger partial charge in [0.15, 0.2) is 14.6 Å². The first kappa shape index (κ1) is 33.6. The number of rotatable bonds is 8. The number of carbonyl (C=O) groups excluding carboxylic acids is 1. The van der Waals surface area contributed by atoms with Crippen molar-refractivity contribution in [3.63, 3.8) is 0 Å². The van der Waals surface area contributed by atoms with Crippen LogP contribution in [0.25, 0.3) is 11.3 Å². The van der Waals surface area contributed by atoms with Gasteiger partial charge in [-0.15, -0.1) is 0 Å². The van der Waals surface area contributed by atoms with Crippen LogP contribution in [0, 0.1) is 12.7 Å². The summed E-state index contributed by atoms with van der Waals surface area (Å²) < 4.78 is 41.3. The van der Waals surface area contributed by atoms with E-state index >= 15 is 0 Å². The van der Waals surface area contributed by atoms with Gasteiger partial charge in [0.05, 0.1) is 12.3 Å². The molecule has 1 amide bonds. The standard InChI is InChI=1S/C33H52FN3O5Si/c1-24-22-25(13-14-26(24)34)27-23-37(19-21-40-28-12-10-11-20-39-28)29(35-27)33(42-43(8,9)32(5,6)7)15-17-36(18-16-33)30(38)41-31(2,3)4/h13-14,22-23,28H,10-12,15-21H2,1-9H3. The highest BCUT2D eigenvalue weighted by atomic mass is 28.4. The van der Waals surface area contributed by atoms with Crippen LogP contribution in [-0.4, -0.2) is 67.1 Å². The number of nitrogens with zero attached hydrogens (tertiary/aromatic N) is 3. The van der Waals surface area contributed by atoms with Gasteiger partial charge in [0.1, 0.15) is 22.8 Å². The highest BCUT2D eigenvalue weighted by Crippen LogP contribution is 2.46. The van der Waals surface area contributed by atoms with Crippen LogP contribution in [0.4, 0.5) is 9.18 Å². The molecule has 1 aromatic carbocycles. The van der Waals surface area contributed by atoms with Crippen molar-refractivity contribution in [2.45, 2.75) is 123 Å². The summed E-state index contributed by atoms with van der Waals surface area (Å²) in [4.78, 5) is 20.0. The summed E-state index contributed by atoms with van der Waals surface area (Å²) in [7, 11) is -2.29. The first-order valence-corrected chi connectivity index (χ1v) is 18.7. The summed E-state index contributed by atoms with van der Waals surface area (Å²) in [5.41, 5.74) is 0.910. The number of benzene rings is 1. The van der Waals surface area contributed by atoms with Crippen molar-refractivity contribution in [1.29, 1.82) is 0 Å². The molecule has 2 fully saturated rings. The van der Waals surface area contributed by atoms with Crippen LogP contribution < -0.4 is 0 Å². The Bertz CT molecular complexity index is 1250. The van der Waals surface area contributed by atoms with E-state index < -0.39 is 19.5 Å². The maximum absolute atomic E-state index is 14.2. The van der Waals surface area contributed by atoms with Gasteiger partial charge in [0, 0.05) is 50.8 Å². The first-order valence-electron chi connectivity index (χ1n) is 15.8. The molecular weight excluding hydrogens is 565 g/mol. The maximum atomic E-state index is 14.2. The highest BCUT2D eigenvalue weighted by Gasteiger charge is 2.50. The van der Waals surface area contributed by atoms with Gasteiger partial charge in [0.2, 0.25) is 0 Å². The highest BCUT2D eigenvalue weighted by molar-refractivity contribution is 6.74. The van der Waals surface area contributed by atoms with Crippen LogP contribution in [-0.2, 0) is 30.8 Å². The lowest BCUT2D eigenvalue weighted by atomic mass is 9.90. The van der Waals surface area contributed by atoms with Crippen LogP contribution in [0.5, 0.6) is 0 Å². The predicted octanol–water partition coefficient (Wildman–Crippen LogP) is 7.79. The summed E-state index contributed by atoms with van der Waals surface area (Å²) in [5.74, 6) is 0.586. The molecule has 2 saturated heterocycles. The lowest BCUT2D eigenvalue weighted by Crippen LogP contribution is -2.54. The Labute approximate surface area is 258 Å². The molecule has 0 radical (unpaired) electrons. The quantitative estimate of drug-likeness (QED) is 0.282. The molecule has 240 valence electrons. The molecule has 1 unspecified atom stereocenters. The molecule has 10 heteroatoms. The molecule has 0 N–H and O–H groups in total. The number of imidazole rings is 1. The van der Waals surface area contributed by atoms with E-state index in [1.165, 1.54) is 6.07 Å². The van der Waals surface area contributed by atoms with E-state index in [0.29, 0.717) is 44.6 Å². The zero-order chi connectivity index (χ0) is 31.6. The SMILES string of the molecule is Cc1cc(-c2cn(CCOC3CCCCO3)c(C3(O[Si](C)(C)C(C)(C)C)CCN(C(=O)OC(C)(C)C)CC3)n2)ccc1F. The van der Waals surface area contributed by atoms with Gasteiger partial charge in [-0.05, 0) is 88.9 Å². The number of ether oxygens (including phenoxy) is 3. The van der Waals surface area contributed by atoms with Crippen LogP contribution in [0.3, 0.4) is 0 Å². The number of carbonyl (C=O) groups is 1. The number of hydrogen-bond acceptors (Lipinski definition) is 6. The van der Waals surface area contributed by atoms with Crippen molar-refractivity contribution in [3.8, 4) is 11.3 Å². The van der Waals surface area contributed by atoms with Crippen molar-refractivity contribution < 1.29 is 27.8 Å². The molecule has 1 aromatic heterocycles. The smallest absolute Gasteiger partial charge is 0.410 e. The predicted molar refractivity (Wildman–Crippen MR) is 169 cm³/mol. The van der Waals surface area contributed by atoms with Gasteiger partial charge >= 0.3 is 6.09 Å². The van der Waals surface area contributed by atoms with Gasteiger partial charge in [-0.1, -0.05) is 20.8 Å². The Balaban J connectivity index is 1.71. The van der Waals surface area contributed by atoms with E-state index in [-0.39, 0.29) is 23.2 Å². The minimum atomic E-state index is -2.29.